The van der Waals surface area contributed by atoms with Crippen molar-refractivity contribution in [3.63, 3.8) is 0 Å². The predicted molar refractivity (Wildman–Crippen MR) is 92.7 cm³/mol. The van der Waals surface area contributed by atoms with E-state index in [0.29, 0.717) is 17.9 Å². The second-order valence-corrected chi connectivity index (χ2v) is 6.04. The van der Waals surface area contributed by atoms with E-state index in [1.165, 1.54) is 0 Å². The number of hydrogen-bond acceptors (Lipinski definition) is 4. The lowest BCUT2D eigenvalue weighted by atomic mass is 10.0. The number of aryl methyl sites for hydroxylation is 1. The maximum Gasteiger partial charge on any atom is 0.255 e. The smallest absolute Gasteiger partial charge is 0.255 e. The molecule has 2 amide bonds. The van der Waals surface area contributed by atoms with Crippen LogP contribution in [0.4, 0.5) is 0 Å². The third kappa shape index (κ3) is 3.57. The molecule has 1 unspecified atom stereocenters. The Morgan fingerprint density at radius 1 is 1.20 bits per heavy atom. The molecule has 6 nitrogen and oxygen atoms in total. The monoisotopic (exact) mass is 340 g/mol. The summed E-state index contributed by atoms with van der Waals surface area (Å²) in [6.45, 7) is 4.28. The molecular formula is C19H20N2O4. The molecule has 0 spiro atoms. The van der Waals surface area contributed by atoms with Gasteiger partial charge in [0.1, 0.15) is 18.1 Å². The Labute approximate surface area is 145 Å². The van der Waals surface area contributed by atoms with Crippen LogP contribution in [0.15, 0.2) is 36.4 Å². The summed E-state index contributed by atoms with van der Waals surface area (Å²) in [7, 11) is 0. The van der Waals surface area contributed by atoms with Crippen LogP contribution in [0.3, 0.4) is 0 Å². The zero-order chi connectivity index (χ0) is 18.0. The fraction of sp³-hybridized carbons (Fsp3) is 0.263. The van der Waals surface area contributed by atoms with Crippen molar-refractivity contribution in [2.75, 3.05) is 13.2 Å². The Balaban J connectivity index is 1.68. The molecule has 3 N–H and O–H groups in total. The number of fused-ring (bicyclic) bond motifs is 1. The number of hydrogen-bond donors (Lipinski definition) is 2. The van der Waals surface area contributed by atoms with Crippen molar-refractivity contribution in [1.29, 1.82) is 0 Å². The molecule has 3 rings (SSSR count). The molecule has 2 aromatic carbocycles. The number of carbonyl (C=O) groups excluding carboxylic acids is 2. The van der Waals surface area contributed by atoms with E-state index in [0.717, 1.165) is 22.4 Å². The lowest BCUT2D eigenvalue weighted by Crippen LogP contribution is -2.29. The molecule has 2 aromatic rings. The lowest BCUT2D eigenvalue weighted by molar-refractivity contribution is -0.119. The molecule has 25 heavy (non-hydrogen) atoms. The van der Waals surface area contributed by atoms with Gasteiger partial charge in [0.05, 0.1) is 6.04 Å². The molecule has 1 aliphatic rings. The molecular weight excluding hydrogens is 320 g/mol. The fourth-order valence-electron chi connectivity index (χ4n) is 2.75. The van der Waals surface area contributed by atoms with Crippen molar-refractivity contribution in [2.24, 2.45) is 5.73 Å². The highest BCUT2D eigenvalue weighted by Crippen LogP contribution is 2.36. The van der Waals surface area contributed by atoms with Crippen molar-refractivity contribution in [3.8, 4) is 11.5 Å². The van der Waals surface area contributed by atoms with Crippen LogP contribution < -0.4 is 20.5 Å². The third-order valence-corrected chi connectivity index (χ3v) is 4.28. The Kier molecular flexibility index (Phi) is 4.61. The maximum absolute atomic E-state index is 12.5. The van der Waals surface area contributed by atoms with Crippen molar-refractivity contribution in [3.05, 3.63) is 58.7 Å². The topological polar surface area (TPSA) is 90.7 Å². The van der Waals surface area contributed by atoms with Crippen LogP contribution in [-0.2, 0) is 4.79 Å². The van der Waals surface area contributed by atoms with Gasteiger partial charge in [-0.05, 0) is 49.2 Å². The zero-order valence-electron chi connectivity index (χ0n) is 14.2. The Bertz CT molecular complexity index is 815. The summed E-state index contributed by atoms with van der Waals surface area (Å²) >= 11 is 0. The summed E-state index contributed by atoms with van der Waals surface area (Å²) in [6.07, 6.45) is 0. The van der Waals surface area contributed by atoms with Crippen LogP contribution in [-0.4, -0.2) is 25.0 Å². The Morgan fingerprint density at radius 3 is 2.60 bits per heavy atom. The van der Waals surface area contributed by atoms with E-state index in [-0.39, 0.29) is 18.6 Å². The third-order valence-electron chi connectivity index (χ3n) is 4.28. The van der Waals surface area contributed by atoms with Crippen LogP contribution in [0.1, 0.15) is 33.1 Å². The number of carbonyl (C=O) groups is 2. The minimum absolute atomic E-state index is 0.174. The summed E-state index contributed by atoms with van der Waals surface area (Å²) in [5, 5.41) is 2.99. The first-order chi connectivity index (χ1) is 12.0. The molecule has 0 aromatic heterocycles. The molecule has 0 bridgehead atoms. The molecule has 0 saturated carbocycles. The van der Waals surface area contributed by atoms with Crippen LogP contribution >= 0.6 is 0 Å². The van der Waals surface area contributed by atoms with Gasteiger partial charge in [-0.15, -0.1) is 0 Å². The van der Waals surface area contributed by atoms with Crippen LogP contribution in [0.25, 0.3) is 0 Å². The molecule has 1 aliphatic heterocycles. The molecule has 1 atom stereocenters. The summed E-state index contributed by atoms with van der Waals surface area (Å²) in [5.41, 5.74) is 8.80. The fourth-order valence-corrected chi connectivity index (χ4v) is 2.75. The summed E-state index contributed by atoms with van der Waals surface area (Å²) < 4.78 is 10.9. The molecule has 0 aliphatic carbocycles. The van der Waals surface area contributed by atoms with Gasteiger partial charge in [-0.25, -0.2) is 0 Å². The molecule has 0 radical (unpaired) electrons. The maximum atomic E-state index is 12.5. The van der Waals surface area contributed by atoms with Crippen LogP contribution in [0.2, 0.25) is 0 Å². The first kappa shape index (κ1) is 16.8. The number of primary amides is 1. The highest BCUT2D eigenvalue weighted by atomic mass is 16.5. The largest absolute Gasteiger partial charge is 0.490 e. The number of amides is 2. The normalized spacial score (nSPS) is 15.2. The van der Waals surface area contributed by atoms with Crippen molar-refractivity contribution in [2.45, 2.75) is 19.9 Å². The standard InChI is InChI=1S/C19H20N2O4/c1-11-3-8-15-16(9-25-18(15)12(11)2)21-19(23)13-4-6-14(7-5-13)24-10-17(20)22/h3-8,16H,9-10H2,1-2H3,(H2,20,22)(H,21,23). The lowest BCUT2D eigenvalue weighted by Gasteiger charge is -2.13. The van der Waals surface area contributed by atoms with Gasteiger partial charge in [0.2, 0.25) is 0 Å². The molecule has 0 fully saturated rings. The molecule has 1 heterocycles. The number of benzene rings is 2. The van der Waals surface area contributed by atoms with E-state index in [2.05, 4.69) is 5.32 Å². The van der Waals surface area contributed by atoms with E-state index >= 15 is 0 Å². The van der Waals surface area contributed by atoms with E-state index in [9.17, 15) is 9.59 Å². The highest BCUT2D eigenvalue weighted by molar-refractivity contribution is 5.94. The molecule has 130 valence electrons. The summed E-state index contributed by atoms with van der Waals surface area (Å²) in [5.74, 6) is 0.602. The quantitative estimate of drug-likeness (QED) is 0.871. The van der Waals surface area contributed by atoms with Crippen molar-refractivity contribution >= 4 is 11.8 Å². The second-order valence-electron chi connectivity index (χ2n) is 6.04. The van der Waals surface area contributed by atoms with E-state index < -0.39 is 5.91 Å². The van der Waals surface area contributed by atoms with E-state index in [1.807, 2.05) is 26.0 Å². The number of ether oxygens (including phenoxy) is 2. The van der Waals surface area contributed by atoms with Crippen molar-refractivity contribution in [1.82, 2.24) is 5.32 Å². The number of nitrogens with two attached hydrogens (primary N) is 1. The second kappa shape index (κ2) is 6.84. The van der Waals surface area contributed by atoms with Crippen LogP contribution in [0.5, 0.6) is 11.5 Å². The molecule has 0 saturated heterocycles. The summed E-state index contributed by atoms with van der Waals surface area (Å²) in [4.78, 5) is 23.2. The van der Waals surface area contributed by atoms with E-state index in [1.54, 1.807) is 24.3 Å². The van der Waals surface area contributed by atoms with Gasteiger partial charge in [0.15, 0.2) is 6.61 Å². The highest BCUT2D eigenvalue weighted by Gasteiger charge is 2.27. The van der Waals surface area contributed by atoms with Gasteiger partial charge in [-0.3, -0.25) is 9.59 Å². The van der Waals surface area contributed by atoms with Gasteiger partial charge < -0.3 is 20.5 Å². The number of nitrogens with one attached hydrogen (secondary N) is 1. The predicted octanol–water partition coefficient (Wildman–Crippen LogP) is 2.03. The minimum Gasteiger partial charge on any atom is -0.490 e. The first-order valence-electron chi connectivity index (χ1n) is 8.00. The first-order valence-corrected chi connectivity index (χ1v) is 8.00. The van der Waals surface area contributed by atoms with Crippen molar-refractivity contribution < 1.29 is 19.1 Å². The van der Waals surface area contributed by atoms with Gasteiger partial charge >= 0.3 is 0 Å². The number of rotatable bonds is 5. The van der Waals surface area contributed by atoms with Gasteiger partial charge in [-0.2, -0.15) is 0 Å². The minimum atomic E-state index is -0.549. The van der Waals surface area contributed by atoms with Crippen LogP contribution in [0, 0.1) is 13.8 Å². The average molecular weight is 340 g/mol. The van der Waals surface area contributed by atoms with Gasteiger partial charge in [0.25, 0.3) is 11.8 Å². The average Bonchev–Trinajstić information content (AvgIpc) is 3.00. The summed E-state index contributed by atoms with van der Waals surface area (Å²) in [6, 6.07) is 10.4. The Hall–Kier alpha value is -3.02. The SMILES string of the molecule is Cc1ccc2c(c1C)OCC2NC(=O)c1ccc(OCC(N)=O)cc1. The Morgan fingerprint density at radius 2 is 1.92 bits per heavy atom. The molecule has 6 heteroatoms. The van der Waals surface area contributed by atoms with E-state index in [4.69, 9.17) is 15.2 Å². The van der Waals surface area contributed by atoms with Gasteiger partial charge in [0, 0.05) is 11.1 Å². The zero-order valence-corrected chi connectivity index (χ0v) is 14.2. The van der Waals surface area contributed by atoms with Gasteiger partial charge in [-0.1, -0.05) is 12.1 Å².